The molecule has 2 rings (SSSR count). The number of carbonyl (C=O) groups excluding carboxylic acids is 1. The molecule has 1 aromatic heterocycles. The van der Waals surface area contributed by atoms with E-state index in [0.29, 0.717) is 16.4 Å². The van der Waals surface area contributed by atoms with Crippen LogP contribution >= 0.6 is 11.3 Å². The predicted octanol–water partition coefficient (Wildman–Crippen LogP) is 2.43. The summed E-state index contributed by atoms with van der Waals surface area (Å²) in [6.07, 6.45) is 0. The Balaban J connectivity index is 2.02. The van der Waals surface area contributed by atoms with E-state index in [4.69, 9.17) is 14.6 Å². The number of thiophene rings is 1. The summed E-state index contributed by atoms with van der Waals surface area (Å²) in [7, 11) is 0. The fourth-order valence-corrected chi connectivity index (χ4v) is 1.92. The number of rotatable bonds is 5. The molecule has 0 aliphatic carbocycles. The van der Waals surface area contributed by atoms with Gasteiger partial charge in [-0.2, -0.15) is 0 Å². The molecule has 0 bridgehead atoms. The van der Waals surface area contributed by atoms with Crippen molar-refractivity contribution in [1.29, 1.82) is 0 Å². The van der Waals surface area contributed by atoms with E-state index in [2.05, 4.69) is 0 Å². The summed E-state index contributed by atoms with van der Waals surface area (Å²) in [6, 6.07) is 9.69. The van der Waals surface area contributed by atoms with E-state index in [1.54, 1.807) is 35.7 Å². The van der Waals surface area contributed by atoms with Gasteiger partial charge in [0, 0.05) is 6.07 Å². The Labute approximate surface area is 113 Å². The third kappa shape index (κ3) is 3.82. The molecule has 0 aliphatic rings. The molecule has 2 aromatic rings. The average molecular weight is 278 g/mol. The van der Waals surface area contributed by atoms with E-state index in [9.17, 15) is 9.59 Å². The van der Waals surface area contributed by atoms with Crippen molar-refractivity contribution in [2.45, 2.75) is 0 Å². The van der Waals surface area contributed by atoms with Gasteiger partial charge < -0.3 is 14.6 Å². The number of benzene rings is 1. The maximum Gasteiger partial charge on any atom is 0.353 e. The molecule has 19 heavy (non-hydrogen) atoms. The highest BCUT2D eigenvalue weighted by atomic mass is 32.1. The molecule has 0 saturated heterocycles. The average Bonchev–Trinajstić information content (AvgIpc) is 2.91. The normalized spacial score (nSPS) is 9.89. The Morgan fingerprint density at radius 1 is 1.16 bits per heavy atom. The molecule has 98 valence electrons. The molecule has 0 radical (unpaired) electrons. The monoisotopic (exact) mass is 278 g/mol. The molecule has 1 N–H and O–H groups in total. The Morgan fingerprint density at radius 3 is 2.63 bits per heavy atom. The van der Waals surface area contributed by atoms with Crippen LogP contribution in [0.2, 0.25) is 0 Å². The van der Waals surface area contributed by atoms with Gasteiger partial charge in [0.1, 0.15) is 16.4 Å². The summed E-state index contributed by atoms with van der Waals surface area (Å²) < 4.78 is 10.1. The van der Waals surface area contributed by atoms with E-state index in [1.165, 1.54) is 17.4 Å². The second-order valence-corrected chi connectivity index (χ2v) is 4.47. The second kappa shape index (κ2) is 6.01. The summed E-state index contributed by atoms with van der Waals surface area (Å²) >= 11 is 1.29. The zero-order chi connectivity index (χ0) is 13.7. The number of hydrogen-bond donors (Lipinski definition) is 1. The summed E-state index contributed by atoms with van der Waals surface area (Å²) in [6.45, 7) is -0.442. The first-order valence-electron chi connectivity index (χ1n) is 5.35. The van der Waals surface area contributed by atoms with Crippen LogP contribution in [0.3, 0.4) is 0 Å². The smallest absolute Gasteiger partial charge is 0.353 e. The third-order valence-electron chi connectivity index (χ3n) is 2.10. The summed E-state index contributed by atoms with van der Waals surface area (Å²) in [5, 5.41) is 10.3. The zero-order valence-corrected chi connectivity index (χ0v) is 10.6. The van der Waals surface area contributed by atoms with Crippen LogP contribution in [0.15, 0.2) is 41.8 Å². The van der Waals surface area contributed by atoms with Gasteiger partial charge in [0.15, 0.2) is 6.61 Å². The van der Waals surface area contributed by atoms with Gasteiger partial charge in [0.2, 0.25) is 0 Å². The number of carboxylic acids is 1. The van der Waals surface area contributed by atoms with E-state index < -0.39 is 18.5 Å². The Hall–Kier alpha value is -2.34. The van der Waals surface area contributed by atoms with Gasteiger partial charge in [-0.15, -0.1) is 11.3 Å². The third-order valence-corrected chi connectivity index (χ3v) is 2.95. The molecule has 1 heterocycles. The lowest BCUT2D eigenvalue weighted by atomic mass is 10.3. The highest BCUT2D eigenvalue weighted by molar-refractivity contribution is 7.12. The standard InChI is InChI=1S/C13H10O5S/c14-12(15)8-17-9-3-1-4-10(7-9)18-13(16)11-5-2-6-19-11/h1-7H,8H2,(H,14,15). The van der Waals surface area contributed by atoms with Crippen molar-refractivity contribution in [3.63, 3.8) is 0 Å². The SMILES string of the molecule is O=C(O)COc1cccc(OC(=O)c2cccs2)c1. The quantitative estimate of drug-likeness (QED) is 0.671. The molecular formula is C13H10O5S. The molecule has 0 saturated carbocycles. The number of esters is 1. The molecule has 1 aromatic carbocycles. The van der Waals surface area contributed by atoms with E-state index in [0.717, 1.165) is 0 Å². The minimum Gasteiger partial charge on any atom is -0.482 e. The highest BCUT2D eigenvalue weighted by Gasteiger charge is 2.10. The van der Waals surface area contributed by atoms with Crippen LogP contribution in [-0.2, 0) is 4.79 Å². The van der Waals surface area contributed by atoms with Gasteiger partial charge in [-0.3, -0.25) is 0 Å². The number of hydrogen-bond acceptors (Lipinski definition) is 5. The maximum atomic E-state index is 11.7. The lowest BCUT2D eigenvalue weighted by Crippen LogP contribution is -2.10. The maximum absolute atomic E-state index is 11.7. The lowest BCUT2D eigenvalue weighted by Gasteiger charge is -2.06. The number of aliphatic carboxylic acids is 1. The van der Waals surface area contributed by atoms with E-state index >= 15 is 0 Å². The molecule has 0 spiro atoms. The van der Waals surface area contributed by atoms with Crippen molar-refractivity contribution in [2.75, 3.05) is 6.61 Å². The van der Waals surface area contributed by atoms with Crippen molar-refractivity contribution in [3.8, 4) is 11.5 Å². The zero-order valence-electron chi connectivity index (χ0n) is 9.74. The van der Waals surface area contributed by atoms with E-state index in [1.807, 2.05) is 0 Å². The lowest BCUT2D eigenvalue weighted by molar-refractivity contribution is -0.139. The largest absolute Gasteiger partial charge is 0.482 e. The molecule has 0 fully saturated rings. The molecule has 0 atom stereocenters. The van der Waals surface area contributed by atoms with Crippen LogP contribution in [0, 0.1) is 0 Å². The van der Waals surface area contributed by atoms with Crippen LogP contribution in [0.25, 0.3) is 0 Å². The first-order chi connectivity index (χ1) is 9.15. The van der Waals surface area contributed by atoms with Crippen LogP contribution in [0.5, 0.6) is 11.5 Å². The molecule has 6 heteroatoms. The fraction of sp³-hybridized carbons (Fsp3) is 0.0769. The van der Waals surface area contributed by atoms with Crippen LogP contribution in [0.4, 0.5) is 0 Å². The molecule has 0 amide bonds. The molecule has 5 nitrogen and oxygen atoms in total. The Bertz CT molecular complexity index is 576. The van der Waals surface area contributed by atoms with Gasteiger partial charge in [0.05, 0.1) is 0 Å². The van der Waals surface area contributed by atoms with Gasteiger partial charge in [-0.1, -0.05) is 12.1 Å². The number of ether oxygens (including phenoxy) is 2. The van der Waals surface area contributed by atoms with Crippen molar-refractivity contribution in [1.82, 2.24) is 0 Å². The Morgan fingerprint density at radius 2 is 1.95 bits per heavy atom. The number of carbonyl (C=O) groups is 2. The van der Waals surface area contributed by atoms with Gasteiger partial charge >= 0.3 is 11.9 Å². The van der Waals surface area contributed by atoms with Gasteiger partial charge in [-0.05, 0) is 23.6 Å². The van der Waals surface area contributed by atoms with Crippen LogP contribution < -0.4 is 9.47 Å². The summed E-state index contributed by atoms with van der Waals surface area (Å²) in [5.41, 5.74) is 0. The van der Waals surface area contributed by atoms with E-state index in [-0.39, 0.29) is 0 Å². The molecule has 0 aliphatic heterocycles. The first kappa shape index (κ1) is 13.1. The second-order valence-electron chi connectivity index (χ2n) is 3.52. The molecule has 0 unspecified atom stereocenters. The topological polar surface area (TPSA) is 72.8 Å². The fourth-order valence-electron chi connectivity index (χ4n) is 1.32. The Kier molecular flexibility index (Phi) is 4.15. The highest BCUT2D eigenvalue weighted by Crippen LogP contribution is 2.21. The predicted molar refractivity (Wildman–Crippen MR) is 68.9 cm³/mol. The van der Waals surface area contributed by atoms with Crippen molar-refractivity contribution in [2.24, 2.45) is 0 Å². The van der Waals surface area contributed by atoms with Crippen molar-refractivity contribution in [3.05, 3.63) is 46.7 Å². The van der Waals surface area contributed by atoms with Crippen molar-refractivity contribution >= 4 is 23.3 Å². The summed E-state index contributed by atoms with van der Waals surface area (Å²) in [4.78, 5) is 22.6. The summed E-state index contributed by atoms with van der Waals surface area (Å²) in [5.74, 6) is -0.883. The number of carboxylic acid groups (broad SMARTS) is 1. The van der Waals surface area contributed by atoms with Gasteiger partial charge in [-0.25, -0.2) is 9.59 Å². The van der Waals surface area contributed by atoms with Crippen LogP contribution in [0.1, 0.15) is 9.67 Å². The van der Waals surface area contributed by atoms with Crippen LogP contribution in [-0.4, -0.2) is 23.7 Å². The molecular weight excluding hydrogens is 268 g/mol. The first-order valence-corrected chi connectivity index (χ1v) is 6.23. The van der Waals surface area contributed by atoms with Gasteiger partial charge in [0.25, 0.3) is 0 Å². The van der Waals surface area contributed by atoms with Crippen molar-refractivity contribution < 1.29 is 24.2 Å². The minimum absolute atomic E-state index is 0.307. The minimum atomic E-state index is -1.07.